The number of tetrazole rings is 1. The molecule has 8 heteroatoms. The zero-order chi connectivity index (χ0) is 13.2. The van der Waals surface area contributed by atoms with Crippen molar-refractivity contribution in [2.24, 2.45) is 0 Å². The van der Waals surface area contributed by atoms with E-state index in [1.165, 1.54) is 4.68 Å². The minimum atomic E-state index is -3.31. The normalized spacial score (nSPS) is 13.4. The Morgan fingerprint density at radius 2 is 1.94 bits per heavy atom. The van der Waals surface area contributed by atoms with Crippen LogP contribution in [0.4, 0.5) is 0 Å². The van der Waals surface area contributed by atoms with Gasteiger partial charge < -0.3 is 0 Å². The molecule has 0 saturated heterocycles. The summed E-state index contributed by atoms with van der Waals surface area (Å²) in [5, 5.41) is 11.3. The molecule has 1 N–H and O–H groups in total. The summed E-state index contributed by atoms with van der Waals surface area (Å²) in [5.74, 6) is 0.437. The number of hydrogen-bond acceptors (Lipinski definition) is 5. The molecule has 1 atom stereocenters. The van der Waals surface area contributed by atoms with E-state index < -0.39 is 16.1 Å². The van der Waals surface area contributed by atoms with Crippen LogP contribution in [0.5, 0.6) is 0 Å². The maximum Gasteiger partial charge on any atom is 0.209 e. The molecule has 1 aromatic heterocycles. The van der Waals surface area contributed by atoms with Gasteiger partial charge in [0.2, 0.25) is 10.0 Å². The third kappa shape index (κ3) is 2.90. The van der Waals surface area contributed by atoms with Crippen molar-refractivity contribution in [3.05, 3.63) is 36.2 Å². The zero-order valence-corrected chi connectivity index (χ0v) is 10.8. The van der Waals surface area contributed by atoms with E-state index in [4.69, 9.17) is 0 Å². The number of nitrogens with one attached hydrogen (secondary N) is 1. The summed E-state index contributed by atoms with van der Waals surface area (Å²) in [7, 11) is -3.31. The molecule has 1 heterocycles. The fourth-order valence-corrected chi connectivity index (χ4v) is 2.34. The average Bonchev–Trinajstić information content (AvgIpc) is 2.76. The Kier molecular flexibility index (Phi) is 3.39. The molecule has 0 amide bonds. The molecule has 0 aliphatic carbocycles. The minimum absolute atomic E-state index is 0.437. The Morgan fingerprint density at radius 3 is 2.56 bits per heavy atom. The van der Waals surface area contributed by atoms with Crippen molar-refractivity contribution < 1.29 is 8.42 Å². The van der Waals surface area contributed by atoms with Gasteiger partial charge in [0, 0.05) is 0 Å². The summed E-state index contributed by atoms with van der Waals surface area (Å²) in [6, 6.07) is 8.77. The van der Waals surface area contributed by atoms with Crippen molar-refractivity contribution in [1.29, 1.82) is 0 Å². The largest absolute Gasteiger partial charge is 0.213 e. The molecule has 0 spiro atoms. The first-order chi connectivity index (χ1) is 8.47. The zero-order valence-electron chi connectivity index (χ0n) is 9.98. The van der Waals surface area contributed by atoms with Crippen LogP contribution < -0.4 is 4.72 Å². The van der Waals surface area contributed by atoms with E-state index in [0.29, 0.717) is 5.82 Å². The summed E-state index contributed by atoms with van der Waals surface area (Å²) in [5.41, 5.74) is 0.777. The predicted octanol–water partition coefficient (Wildman–Crippen LogP) is 0.272. The van der Waals surface area contributed by atoms with Crippen LogP contribution >= 0.6 is 0 Å². The highest BCUT2D eigenvalue weighted by atomic mass is 32.2. The summed E-state index contributed by atoms with van der Waals surface area (Å²) < 4.78 is 26.3. The van der Waals surface area contributed by atoms with E-state index in [0.717, 1.165) is 11.9 Å². The highest BCUT2D eigenvalue weighted by Crippen LogP contribution is 2.13. The SMILES string of the molecule is C[C@@H](NS(C)(=O)=O)c1nnnn1-c1ccccc1. The van der Waals surface area contributed by atoms with Crippen LogP contribution in [0, 0.1) is 0 Å². The van der Waals surface area contributed by atoms with E-state index in [-0.39, 0.29) is 0 Å². The smallest absolute Gasteiger partial charge is 0.209 e. The van der Waals surface area contributed by atoms with Crippen LogP contribution in [0.15, 0.2) is 30.3 Å². The molecule has 2 aromatic rings. The number of hydrogen-bond donors (Lipinski definition) is 1. The molecule has 1 aromatic carbocycles. The lowest BCUT2D eigenvalue weighted by Gasteiger charge is -2.11. The first kappa shape index (κ1) is 12.7. The van der Waals surface area contributed by atoms with Crippen LogP contribution in [0.25, 0.3) is 5.69 Å². The summed E-state index contributed by atoms with van der Waals surface area (Å²) in [4.78, 5) is 0. The summed E-state index contributed by atoms with van der Waals surface area (Å²) >= 11 is 0. The lowest BCUT2D eigenvalue weighted by molar-refractivity contribution is 0.560. The minimum Gasteiger partial charge on any atom is -0.213 e. The van der Waals surface area contributed by atoms with Gasteiger partial charge in [-0.25, -0.2) is 13.1 Å². The molecular weight excluding hydrogens is 254 g/mol. The predicted molar refractivity (Wildman–Crippen MR) is 65.5 cm³/mol. The number of benzene rings is 1. The highest BCUT2D eigenvalue weighted by molar-refractivity contribution is 7.88. The summed E-state index contributed by atoms with van der Waals surface area (Å²) in [6.07, 6.45) is 1.10. The second kappa shape index (κ2) is 4.83. The number of para-hydroxylation sites is 1. The van der Waals surface area contributed by atoms with Crippen molar-refractivity contribution in [1.82, 2.24) is 24.9 Å². The van der Waals surface area contributed by atoms with Crippen LogP contribution in [0.3, 0.4) is 0 Å². The van der Waals surface area contributed by atoms with E-state index in [1.54, 1.807) is 6.92 Å². The topological polar surface area (TPSA) is 89.8 Å². The molecule has 0 aliphatic heterocycles. The maximum atomic E-state index is 11.2. The first-order valence-corrected chi connectivity index (χ1v) is 7.17. The number of nitrogens with zero attached hydrogens (tertiary/aromatic N) is 4. The van der Waals surface area contributed by atoms with Gasteiger partial charge in [0.1, 0.15) is 0 Å². The monoisotopic (exact) mass is 267 g/mol. The van der Waals surface area contributed by atoms with E-state index in [2.05, 4.69) is 20.2 Å². The van der Waals surface area contributed by atoms with Crippen LogP contribution in [0.2, 0.25) is 0 Å². The van der Waals surface area contributed by atoms with Gasteiger partial charge in [-0.3, -0.25) is 0 Å². The second-order valence-corrected chi connectivity index (χ2v) is 5.68. The average molecular weight is 267 g/mol. The Hall–Kier alpha value is -1.80. The van der Waals surface area contributed by atoms with Gasteiger partial charge >= 0.3 is 0 Å². The van der Waals surface area contributed by atoms with Crippen molar-refractivity contribution in [2.75, 3.05) is 6.26 Å². The molecule has 96 valence electrons. The standard InChI is InChI=1S/C10H13N5O2S/c1-8(12-18(2,16)17)10-11-13-14-15(10)9-6-4-3-5-7-9/h3-8,12H,1-2H3/t8-/m1/s1. The van der Waals surface area contributed by atoms with E-state index >= 15 is 0 Å². The highest BCUT2D eigenvalue weighted by Gasteiger charge is 2.18. The van der Waals surface area contributed by atoms with Gasteiger partial charge in [-0.1, -0.05) is 18.2 Å². The van der Waals surface area contributed by atoms with Crippen LogP contribution in [0.1, 0.15) is 18.8 Å². The number of sulfonamides is 1. The van der Waals surface area contributed by atoms with Gasteiger partial charge in [-0.05, 0) is 29.5 Å². The van der Waals surface area contributed by atoms with Gasteiger partial charge in [0.15, 0.2) is 5.82 Å². The lowest BCUT2D eigenvalue weighted by atomic mass is 10.3. The molecule has 18 heavy (non-hydrogen) atoms. The van der Waals surface area contributed by atoms with Crippen molar-refractivity contribution in [3.8, 4) is 5.69 Å². The van der Waals surface area contributed by atoms with Gasteiger partial charge in [0.05, 0.1) is 18.0 Å². The Bertz CT molecular complexity index is 623. The van der Waals surface area contributed by atoms with Crippen LogP contribution in [-0.2, 0) is 10.0 Å². The molecular formula is C10H13N5O2S. The Balaban J connectivity index is 2.34. The molecule has 7 nitrogen and oxygen atoms in total. The fraction of sp³-hybridized carbons (Fsp3) is 0.300. The van der Waals surface area contributed by atoms with Crippen molar-refractivity contribution in [3.63, 3.8) is 0 Å². The number of rotatable bonds is 4. The third-order valence-electron chi connectivity index (χ3n) is 2.27. The molecule has 0 fully saturated rings. The first-order valence-electron chi connectivity index (χ1n) is 5.28. The molecule has 0 bridgehead atoms. The maximum absolute atomic E-state index is 11.2. The molecule has 0 aliphatic rings. The van der Waals surface area contributed by atoms with E-state index in [9.17, 15) is 8.42 Å². The molecule has 2 rings (SSSR count). The van der Waals surface area contributed by atoms with E-state index in [1.807, 2.05) is 30.3 Å². The number of aromatic nitrogens is 4. The van der Waals surface area contributed by atoms with Crippen LogP contribution in [-0.4, -0.2) is 34.9 Å². The Morgan fingerprint density at radius 1 is 1.28 bits per heavy atom. The second-order valence-electron chi connectivity index (χ2n) is 3.90. The molecule has 0 saturated carbocycles. The van der Waals surface area contributed by atoms with Crippen molar-refractivity contribution >= 4 is 10.0 Å². The molecule has 0 radical (unpaired) electrons. The lowest BCUT2D eigenvalue weighted by Crippen LogP contribution is -2.27. The summed E-state index contributed by atoms with van der Waals surface area (Å²) in [6.45, 7) is 1.69. The Labute approximate surface area is 105 Å². The van der Waals surface area contributed by atoms with Gasteiger partial charge in [-0.2, -0.15) is 4.68 Å². The molecule has 0 unspecified atom stereocenters. The fourth-order valence-electron chi connectivity index (χ4n) is 1.59. The third-order valence-corrected chi connectivity index (χ3v) is 3.05. The van der Waals surface area contributed by atoms with Gasteiger partial charge in [0.25, 0.3) is 0 Å². The van der Waals surface area contributed by atoms with Gasteiger partial charge in [-0.15, -0.1) is 5.10 Å². The quantitative estimate of drug-likeness (QED) is 0.859. The van der Waals surface area contributed by atoms with Crippen molar-refractivity contribution in [2.45, 2.75) is 13.0 Å².